The fourth-order valence-electron chi connectivity index (χ4n) is 1.82. The van der Waals surface area contributed by atoms with Crippen LogP contribution in [0.1, 0.15) is 0 Å². The van der Waals surface area contributed by atoms with Crippen LogP contribution >= 0.6 is 58.0 Å². The third kappa shape index (κ3) is 2.24. The average Bonchev–Trinajstić information content (AvgIpc) is 2.77. The van der Waals surface area contributed by atoms with Gasteiger partial charge < -0.3 is 0 Å². The summed E-state index contributed by atoms with van der Waals surface area (Å²) in [7, 11) is 0. The molecule has 3 nitrogen and oxygen atoms in total. The van der Waals surface area contributed by atoms with Gasteiger partial charge in [-0.2, -0.15) is 0 Å². The monoisotopic (exact) mass is 365 g/mol. The summed E-state index contributed by atoms with van der Waals surface area (Å²) < 4.78 is 1.44. The molecule has 0 atom stereocenters. The molecule has 0 unspecified atom stereocenters. The van der Waals surface area contributed by atoms with E-state index >= 15 is 0 Å². The lowest BCUT2D eigenvalue weighted by molar-refractivity contribution is 1.09. The molecule has 20 heavy (non-hydrogen) atoms. The SMILES string of the molecule is Clc1ccc(-c2nc(Cl)n3c(Cl)cnc3c2Cl)c(Cl)c1. The lowest BCUT2D eigenvalue weighted by atomic mass is 10.1. The summed E-state index contributed by atoms with van der Waals surface area (Å²) in [6.07, 6.45) is 1.45. The maximum Gasteiger partial charge on any atom is 0.210 e. The topological polar surface area (TPSA) is 30.2 Å². The van der Waals surface area contributed by atoms with Gasteiger partial charge in [0.25, 0.3) is 0 Å². The Hall–Kier alpha value is -0.710. The predicted octanol–water partition coefficient (Wildman–Crippen LogP) is 5.66. The van der Waals surface area contributed by atoms with Crippen molar-refractivity contribution in [1.29, 1.82) is 0 Å². The molecular formula is C12H4Cl5N3. The second-order valence-corrected chi connectivity index (χ2v) is 5.85. The van der Waals surface area contributed by atoms with E-state index in [0.29, 0.717) is 37.1 Å². The Labute approximate surface area is 139 Å². The highest BCUT2D eigenvalue weighted by atomic mass is 35.5. The van der Waals surface area contributed by atoms with Gasteiger partial charge in [-0.05, 0) is 29.8 Å². The van der Waals surface area contributed by atoms with Crippen LogP contribution in [-0.2, 0) is 0 Å². The van der Waals surface area contributed by atoms with Crippen LogP contribution in [0.15, 0.2) is 24.4 Å². The van der Waals surface area contributed by atoms with Gasteiger partial charge in [0.05, 0.1) is 16.9 Å². The summed E-state index contributed by atoms with van der Waals surface area (Å²) in [5.74, 6) is 0. The Bertz CT molecular complexity index is 828. The summed E-state index contributed by atoms with van der Waals surface area (Å²) >= 11 is 30.4. The molecule has 2 aromatic heterocycles. The molecule has 3 rings (SSSR count). The molecule has 1 aromatic carbocycles. The second-order valence-electron chi connectivity index (χ2n) is 3.91. The maximum absolute atomic E-state index is 6.32. The van der Waals surface area contributed by atoms with Crippen molar-refractivity contribution in [2.24, 2.45) is 0 Å². The van der Waals surface area contributed by atoms with Gasteiger partial charge in [-0.15, -0.1) is 0 Å². The zero-order chi connectivity index (χ0) is 14.4. The third-order valence-electron chi connectivity index (χ3n) is 2.70. The fourth-order valence-corrected chi connectivity index (χ4v) is 3.10. The van der Waals surface area contributed by atoms with Crippen molar-refractivity contribution in [1.82, 2.24) is 14.4 Å². The van der Waals surface area contributed by atoms with E-state index in [0.717, 1.165) is 0 Å². The molecule has 0 bridgehead atoms. The molecule has 8 heteroatoms. The van der Waals surface area contributed by atoms with Gasteiger partial charge in [-0.25, -0.2) is 9.97 Å². The third-order valence-corrected chi connectivity index (χ3v) is 4.11. The second kappa shape index (κ2) is 5.24. The predicted molar refractivity (Wildman–Crippen MR) is 83.5 cm³/mol. The van der Waals surface area contributed by atoms with Crippen LogP contribution in [0.2, 0.25) is 25.5 Å². The van der Waals surface area contributed by atoms with Crippen molar-refractivity contribution >= 4 is 63.7 Å². The van der Waals surface area contributed by atoms with E-state index in [4.69, 9.17) is 58.0 Å². The number of aromatic nitrogens is 3. The molecule has 0 saturated carbocycles. The minimum atomic E-state index is 0.146. The first kappa shape index (κ1) is 14.2. The van der Waals surface area contributed by atoms with Crippen LogP contribution in [-0.4, -0.2) is 14.4 Å². The summed E-state index contributed by atoms with van der Waals surface area (Å²) in [6, 6.07) is 5.01. The summed E-state index contributed by atoms with van der Waals surface area (Å²) in [4.78, 5) is 8.36. The number of hydrogen-bond acceptors (Lipinski definition) is 2. The van der Waals surface area contributed by atoms with E-state index in [2.05, 4.69) is 9.97 Å². The molecule has 0 aliphatic carbocycles. The Morgan fingerprint density at radius 2 is 1.75 bits per heavy atom. The van der Waals surface area contributed by atoms with E-state index in [1.165, 1.54) is 10.6 Å². The molecular weight excluding hydrogens is 363 g/mol. The van der Waals surface area contributed by atoms with Crippen LogP contribution < -0.4 is 0 Å². The van der Waals surface area contributed by atoms with Crippen molar-refractivity contribution in [2.45, 2.75) is 0 Å². The van der Waals surface area contributed by atoms with Gasteiger partial charge in [-0.1, -0.05) is 46.4 Å². The number of halogens is 5. The molecule has 0 aliphatic rings. The molecule has 2 heterocycles. The fraction of sp³-hybridized carbons (Fsp3) is 0. The van der Waals surface area contributed by atoms with Crippen molar-refractivity contribution < 1.29 is 0 Å². The molecule has 0 fully saturated rings. The van der Waals surface area contributed by atoms with E-state index in [1.54, 1.807) is 18.2 Å². The molecule has 0 radical (unpaired) electrons. The lowest BCUT2D eigenvalue weighted by Gasteiger charge is -2.09. The highest BCUT2D eigenvalue weighted by molar-refractivity contribution is 6.40. The zero-order valence-electron chi connectivity index (χ0n) is 9.54. The molecule has 0 spiro atoms. The van der Waals surface area contributed by atoms with Gasteiger partial charge in [-0.3, -0.25) is 4.40 Å². The first-order chi connectivity index (χ1) is 9.49. The smallest absolute Gasteiger partial charge is 0.210 e. The van der Waals surface area contributed by atoms with Gasteiger partial charge in [0.15, 0.2) is 5.65 Å². The van der Waals surface area contributed by atoms with Crippen molar-refractivity contribution in [3.05, 3.63) is 49.9 Å². The summed E-state index contributed by atoms with van der Waals surface area (Å²) in [5.41, 5.74) is 1.45. The van der Waals surface area contributed by atoms with E-state index in [9.17, 15) is 0 Å². The molecule has 0 N–H and O–H groups in total. The molecule has 0 saturated heterocycles. The van der Waals surface area contributed by atoms with Crippen LogP contribution in [0.3, 0.4) is 0 Å². The summed E-state index contributed by atoms with van der Waals surface area (Å²) in [6.45, 7) is 0. The number of imidazole rings is 1. The van der Waals surface area contributed by atoms with Crippen LogP contribution in [0, 0.1) is 0 Å². The summed E-state index contributed by atoms with van der Waals surface area (Å²) in [5, 5.41) is 1.72. The highest BCUT2D eigenvalue weighted by Crippen LogP contribution is 2.37. The Morgan fingerprint density at radius 1 is 1.00 bits per heavy atom. The molecule has 0 aliphatic heterocycles. The van der Waals surface area contributed by atoms with Crippen molar-refractivity contribution in [2.75, 3.05) is 0 Å². The van der Waals surface area contributed by atoms with Crippen LogP contribution in [0.4, 0.5) is 0 Å². The van der Waals surface area contributed by atoms with Crippen molar-refractivity contribution in [3.8, 4) is 11.3 Å². The first-order valence-electron chi connectivity index (χ1n) is 5.32. The molecule has 3 aromatic rings. The van der Waals surface area contributed by atoms with Crippen molar-refractivity contribution in [3.63, 3.8) is 0 Å². The Balaban J connectivity index is 2.34. The van der Waals surface area contributed by atoms with Crippen LogP contribution in [0.25, 0.3) is 16.9 Å². The standard InChI is InChI=1S/C12H4Cl5N3/c13-5-1-2-6(7(14)3-5)10-9(16)11-18-4-8(15)20(11)12(17)19-10/h1-4H. The minimum Gasteiger partial charge on any atom is -0.256 e. The Kier molecular flexibility index (Phi) is 3.73. The number of benzene rings is 1. The quantitative estimate of drug-likeness (QED) is 0.519. The molecule has 102 valence electrons. The van der Waals surface area contributed by atoms with Gasteiger partial charge in [0.2, 0.25) is 5.28 Å². The number of hydrogen-bond donors (Lipinski definition) is 0. The number of fused-ring (bicyclic) bond motifs is 1. The van der Waals surface area contributed by atoms with Crippen LogP contribution in [0.5, 0.6) is 0 Å². The zero-order valence-corrected chi connectivity index (χ0v) is 13.3. The number of nitrogens with zero attached hydrogens (tertiary/aromatic N) is 3. The maximum atomic E-state index is 6.32. The Morgan fingerprint density at radius 3 is 2.45 bits per heavy atom. The largest absolute Gasteiger partial charge is 0.256 e. The van der Waals surface area contributed by atoms with Gasteiger partial charge in [0.1, 0.15) is 10.2 Å². The molecule has 0 amide bonds. The number of rotatable bonds is 1. The minimum absolute atomic E-state index is 0.146. The highest BCUT2D eigenvalue weighted by Gasteiger charge is 2.18. The van der Waals surface area contributed by atoms with Gasteiger partial charge >= 0.3 is 0 Å². The first-order valence-corrected chi connectivity index (χ1v) is 7.21. The normalized spacial score (nSPS) is 11.2. The average molecular weight is 367 g/mol. The lowest BCUT2D eigenvalue weighted by Crippen LogP contribution is -1.96. The van der Waals surface area contributed by atoms with E-state index in [-0.39, 0.29) is 5.28 Å². The van der Waals surface area contributed by atoms with E-state index < -0.39 is 0 Å². The van der Waals surface area contributed by atoms with E-state index in [1.807, 2.05) is 0 Å². The van der Waals surface area contributed by atoms with Gasteiger partial charge in [0, 0.05) is 10.6 Å².